The summed E-state index contributed by atoms with van der Waals surface area (Å²) < 4.78 is 15.7. The fourth-order valence-corrected chi connectivity index (χ4v) is 1.68. The first-order valence-corrected chi connectivity index (χ1v) is 5.33. The van der Waals surface area contributed by atoms with Gasteiger partial charge in [-0.2, -0.15) is 0 Å². The zero-order valence-electron chi connectivity index (χ0n) is 11.0. The van der Waals surface area contributed by atoms with Gasteiger partial charge in [0.1, 0.15) is 22.9 Å². The van der Waals surface area contributed by atoms with Crippen LogP contribution in [0.1, 0.15) is 0 Å². The summed E-state index contributed by atoms with van der Waals surface area (Å²) in [6.45, 7) is 0.0685. The summed E-state index contributed by atoms with van der Waals surface area (Å²) in [5.41, 5.74) is 5.84. The lowest BCUT2D eigenvalue weighted by molar-refractivity contribution is -0.116. The molecule has 2 N–H and O–H groups in total. The molecule has 100 valence electrons. The highest BCUT2D eigenvalue weighted by atomic mass is 16.5. The molecule has 0 bridgehead atoms. The number of likely N-dealkylation sites (N-methyl/N-ethyl adjacent to an activating group) is 1. The van der Waals surface area contributed by atoms with Crippen molar-refractivity contribution in [3.05, 3.63) is 12.1 Å². The van der Waals surface area contributed by atoms with E-state index in [9.17, 15) is 4.79 Å². The zero-order chi connectivity index (χ0) is 13.7. The molecule has 0 aliphatic carbocycles. The second-order valence-electron chi connectivity index (χ2n) is 3.70. The van der Waals surface area contributed by atoms with E-state index in [0.29, 0.717) is 22.9 Å². The van der Waals surface area contributed by atoms with Crippen molar-refractivity contribution in [1.82, 2.24) is 0 Å². The summed E-state index contributed by atoms with van der Waals surface area (Å²) in [5.74, 6) is 1.28. The number of carbonyl (C=O) groups is 1. The minimum absolute atomic E-state index is 0.0685. The molecule has 0 saturated carbocycles. The van der Waals surface area contributed by atoms with E-state index < -0.39 is 5.91 Å². The monoisotopic (exact) mass is 254 g/mol. The van der Waals surface area contributed by atoms with E-state index in [-0.39, 0.29) is 6.54 Å². The van der Waals surface area contributed by atoms with Gasteiger partial charge in [0.25, 0.3) is 0 Å². The molecule has 1 aromatic carbocycles. The van der Waals surface area contributed by atoms with Crippen LogP contribution in [0.15, 0.2) is 12.1 Å². The second kappa shape index (κ2) is 6.00. The summed E-state index contributed by atoms with van der Waals surface area (Å²) in [4.78, 5) is 12.6. The molecular weight excluding hydrogens is 236 g/mol. The molecule has 18 heavy (non-hydrogen) atoms. The van der Waals surface area contributed by atoms with E-state index in [2.05, 4.69) is 0 Å². The van der Waals surface area contributed by atoms with Gasteiger partial charge in [0.05, 0.1) is 27.9 Å². The lowest BCUT2D eigenvalue weighted by Gasteiger charge is -2.23. The highest BCUT2D eigenvalue weighted by Crippen LogP contribution is 2.40. The molecule has 1 aromatic rings. The SMILES string of the molecule is COc1cc(OC)c(N(C)CC(N)=O)c(OC)c1. The van der Waals surface area contributed by atoms with Crippen LogP contribution in [0.25, 0.3) is 0 Å². The Bertz CT molecular complexity index is 409. The number of nitrogens with zero attached hydrogens (tertiary/aromatic N) is 1. The maximum atomic E-state index is 11.0. The van der Waals surface area contributed by atoms with Gasteiger partial charge in [-0.15, -0.1) is 0 Å². The van der Waals surface area contributed by atoms with Crippen LogP contribution >= 0.6 is 0 Å². The number of ether oxygens (including phenoxy) is 3. The molecular formula is C12H18N2O4. The van der Waals surface area contributed by atoms with Gasteiger partial charge in [0, 0.05) is 19.2 Å². The molecule has 0 radical (unpaired) electrons. The van der Waals surface area contributed by atoms with Crippen LogP contribution < -0.4 is 24.8 Å². The van der Waals surface area contributed by atoms with E-state index in [1.807, 2.05) is 0 Å². The van der Waals surface area contributed by atoms with Gasteiger partial charge in [0.2, 0.25) is 5.91 Å². The predicted octanol–water partition coefficient (Wildman–Crippen LogP) is 0.634. The van der Waals surface area contributed by atoms with E-state index in [0.717, 1.165) is 0 Å². The summed E-state index contributed by atoms with van der Waals surface area (Å²) >= 11 is 0. The number of methoxy groups -OCH3 is 3. The maximum absolute atomic E-state index is 11.0. The molecule has 1 rings (SSSR count). The molecule has 0 aromatic heterocycles. The number of anilines is 1. The Morgan fingerprint density at radius 1 is 1.17 bits per heavy atom. The van der Waals surface area contributed by atoms with E-state index >= 15 is 0 Å². The number of nitrogens with two attached hydrogens (primary N) is 1. The van der Waals surface area contributed by atoms with Crippen molar-refractivity contribution in [3.63, 3.8) is 0 Å². The number of rotatable bonds is 6. The van der Waals surface area contributed by atoms with Gasteiger partial charge in [-0.25, -0.2) is 0 Å². The third-order valence-corrected chi connectivity index (χ3v) is 2.46. The number of primary amides is 1. The van der Waals surface area contributed by atoms with E-state index in [1.54, 1.807) is 31.2 Å². The molecule has 0 fully saturated rings. The van der Waals surface area contributed by atoms with Crippen molar-refractivity contribution < 1.29 is 19.0 Å². The van der Waals surface area contributed by atoms with E-state index in [4.69, 9.17) is 19.9 Å². The number of hydrogen-bond acceptors (Lipinski definition) is 5. The van der Waals surface area contributed by atoms with Gasteiger partial charge in [-0.3, -0.25) is 4.79 Å². The third-order valence-electron chi connectivity index (χ3n) is 2.46. The number of carbonyl (C=O) groups excluding carboxylic acids is 1. The Morgan fingerprint density at radius 2 is 1.67 bits per heavy atom. The third kappa shape index (κ3) is 2.97. The number of amides is 1. The molecule has 6 heteroatoms. The number of benzene rings is 1. The quantitative estimate of drug-likeness (QED) is 0.806. The number of hydrogen-bond donors (Lipinski definition) is 1. The molecule has 0 aliphatic heterocycles. The topological polar surface area (TPSA) is 74.0 Å². The fraction of sp³-hybridized carbons (Fsp3) is 0.417. The normalized spacial score (nSPS) is 9.78. The minimum atomic E-state index is -0.433. The van der Waals surface area contributed by atoms with Gasteiger partial charge in [0.15, 0.2) is 0 Å². The van der Waals surface area contributed by atoms with Gasteiger partial charge < -0.3 is 24.8 Å². The van der Waals surface area contributed by atoms with Crippen molar-refractivity contribution in [3.8, 4) is 17.2 Å². The van der Waals surface area contributed by atoms with Crippen LogP contribution in [-0.2, 0) is 4.79 Å². The smallest absolute Gasteiger partial charge is 0.236 e. The highest BCUT2D eigenvalue weighted by Gasteiger charge is 2.18. The van der Waals surface area contributed by atoms with Crippen LogP contribution in [0.2, 0.25) is 0 Å². The summed E-state index contributed by atoms with van der Waals surface area (Å²) in [7, 11) is 6.37. The lowest BCUT2D eigenvalue weighted by Crippen LogP contribution is -2.31. The first-order valence-electron chi connectivity index (χ1n) is 5.33. The summed E-state index contributed by atoms with van der Waals surface area (Å²) in [6.07, 6.45) is 0. The van der Waals surface area contributed by atoms with Crippen LogP contribution in [0.5, 0.6) is 17.2 Å². The predicted molar refractivity (Wildman–Crippen MR) is 68.6 cm³/mol. The summed E-state index contributed by atoms with van der Waals surface area (Å²) in [6, 6.07) is 3.44. The van der Waals surface area contributed by atoms with Crippen LogP contribution in [0, 0.1) is 0 Å². The molecule has 1 amide bonds. The Hall–Kier alpha value is -2.11. The standard InChI is InChI=1S/C12H18N2O4/c1-14(7-11(13)15)12-9(17-3)5-8(16-2)6-10(12)18-4/h5-6H,7H2,1-4H3,(H2,13,15). The van der Waals surface area contributed by atoms with Crippen LogP contribution in [0.4, 0.5) is 5.69 Å². The van der Waals surface area contributed by atoms with Crippen molar-refractivity contribution in [1.29, 1.82) is 0 Å². The van der Waals surface area contributed by atoms with Crippen molar-refractivity contribution in [2.24, 2.45) is 5.73 Å². The Labute approximate surface area is 106 Å². The molecule has 0 heterocycles. The van der Waals surface area contributed by atoms with Gasteiger partial charge >= 0.3 is 0 Å². The Kier molecular flexibility index (Phi) is 4.65. The zero-order valence-corrected chi connectivity index (χ0v) is 11.0. The lowest BCUT2D eigenvalue weighted by atomic mass is 10.2. The molecule has 0 unspecified atom stereocenters. The summed E-state index contributed by atoms with van der Waals surface area (Å²) in [5, 5.41) is 0. The largest absolute Gasteiger partial charge is 0.496 e. The average Bonchev–Trinajstić information content (AvgIpc) is 2.35. The van der Waals surface area contributed by atoms with Crippen LogP contribution in [0.3, 0.4) is 0 Å². The van der Waals surface area contributed by atoms with Crippen LogP contribution in [-0.4, -0.2) is 40.8 Å². The average molecular weight is 254 g/mol. The van der Waals surface area contributed by atoms with E-state index in [1.165, 1.54) is 14.2 Å². The Morgan fingerprint density at radius 3 is 2.00 bits per heavy atom. The van der Waals surface area contributed by atoms with Gasteiger partial charge in [-0.1, -0.05) is 0 Å². The molecule has 0 saturated heterocycles. The highest BCUT2D eigenvalue weighted by molar-refractivity contribution is 5.82. The molecule has 0 aliphatic rings. The minimum Gasteiger partial charge on any atom is -0.496 e. The molecule has 0 atom stereocenters. The molecule has 0 spiro atoms. The first kappa shape index (κ1) is 14.0. The maximum Gasteiger partial charge on any atom is 0.236 e. The molecule has 6 nitrogen and oxygen atoms in total. The Balaban J connectivity index is 3.25. The second-order valence-corrected chi connectivity index (χ2v) is 3.70. The van der Waals surface area contributed by atoms with Gasteiger partial charge in [-0.05, 0) is 0 Å². The first-order chi connectivity index (χ1) is 8.53. The van der Waals surface area contributed by atoms with Crippen molar-refractivity contribution in [2.75, 3.05) is 39.8 Å². The van der Waals surface area contributed by atoms with Crippen molar-refractivity contribution >= 4 is 11.6 Å². The fourth-order valence-electron chi connectivity index (χ4n) is 1.68. The van der Waals surface area contributed by atoms with Crippen molar-refractivity contribution in [2.45, 2.75) is 0 Å².